The van der Waals surface area contributed by atoms with Gasteiger partial charge in [-0.1, -0.05) is 43.3 Å². The smallest absolute Gasteiger partial charge is 0.410 e. The third-order valence-corrected chi connectivity index (χ3v) is 7.16. The molecule has 1 aromatic carbocycles. The molecule has 5 rings (SSSR count). The SMILES string of the molecule is C[C@@H]1C[C@H]2Cc3ncccc3[C@@]3(C1)[C@@H]2CCCN3C(=O)OCc1ccccc1. The minimum absolute atomic E-state index is 0.168. The van der Waals surface area contributed by atoms with Gasteiger partial charge in [0.15, 0.2) is 0 Å². The molecule has 1 saturated carbocycles. The van der Waals surface area contributed by atoms with E-state index in [0.29, 0.717) is 24.4 Å². The Kier molecular flexibility index (Phi) is 4.37. The highest BCUT2D eigenvalue weighted by molar-refractivity contribution is 5.70. The van der Waals surface area contributed by atoms with Gasteiger partial charge in [0.05, 0.1) is 5.54 Å². The minimum Gasteiger partial charge on any atom is -0.445 e. The second-order valence-electron chi connectivity index (χ2n) is 8.87. The van der Waals surface area contributed by atoms with Gasteiger partial charge in [-0.05, 0) is 67.1 Å². The highest BCUT2D eigenvalue weighted by atomic mass is 16.6. The predicted octanol–water partition coefficient (Wildman–Crippen LogP) is 4.93. The number of aromatic nitrogens is 1. The third-order valence-electron chi connectivity index (χ3n) is 7.16. The second-order valence-corrected chi connectivity index (χ2v) is 8.87. The fourth-order valence-electron chi connectivity index (χ4n) is 6.27. The number of piperidine rings is 1. The zero-order valence-electron chi connectivity index (χ0n) is 16.5. The van der Waals surface area contributed by atoms with Crippen molar-refractivity contribution in [2.24, 2.45) is 17.8 Å². The highest BCUT2D eigenvalue weighted by Crippen LogP contribution is 2.58. The lowest BCUT2D eigenvalue weighted by Gasteiger charge is -2.60. The van der Waals surface area contributed by atoms with E-state index in [1.807, 2.05) is 42.6 Å². The van der Waals surface area contributed by atoms with Crippen molar-refractivity contribution in [1.29, 1.82) is 0 Å². The lowest BCUT2D eigenvalue weighted by Crippen LogP contribution is -2.63. The number of benzene rings is 1. The first kappa shape index (κ1) is 17.7. The summed E-state index contributed by atoms with van der Waals surface area (Å²) in [6.45, 7) is 3.45. The molecule has 3 aliphatic rings. The van der Waals surface area contributed by atoms with Gasteiger partial charge in [-0.2, -0.15) is 0 Å². The molecule has 4 nitrogen and oxygen atoms in total. The van der Waals surface area contributed by atoms with Crippen LogP contribution in [0, 0.1) is 17.8 Å². The van der Waals surface area contributed by atoms with Gasteiger partial charge in [0.25, 0.3) is 0 Å². The summed E-state index contributed by atoms with van der Waals surface area (Å²) in [4.78, 5) is 20.1. The van der Waals surface area contributed by atoms with Gasteiger partial charge in [0, 0.05) is 18.4 Å². The van der Waals surface area contributed by atoms with Crippen LogP contribution in [0.2, 0.25) is 0 Å². The number of hydrogen-bond donors (Lipinski definition) is 0. The Morgan fingerprint density at radius 1 is 1.25 bits per heavy atom. The average molecular weight is 377 g/mol. The molecule has 0 unspecified atom stereocenters. The van der Waals surface area contributed by atoms with E-state index < -0.39 is 0 Å². The lowest BCUT2D eigenvalue weighted by atomic mass is 9.53. The molecule has 1 saturated heterocycles. The van der Waals surface area contributed by atoms with Crippen LogP contribution in [0.25, 0.3) is 0 Å². The number of carbonyl (C=O) groups is 1. The van der Waals surface area contributed by atoms with Crippen molar-refractivity contribution in [3.05, 3.63) is 65.5 Å². The lowest BCUT2D eigenvalue weighted by molar-refractivity contribution is -0.0833. The maximum absolute atomic E-state index is 13.3. The van der Waals surface area contributed by atoms with Crippen molar-refractivity contribution in [3.63, 3.8) is 0 Å². The van der Waals surface area contributed by atoms with Crippen LogP contribution < -0.4 is 0 Å². The predicted molar refractivity (Wildman–Crippen MR) is 108 cm³/mol. The number of fused-ring (bicyclic) bond motifs is 1. The molecule has 146 valence electrons. The van der Waals surface area contributed by atoms with E-state index >= 15 is 0 Å². The van der Waals surface area contributed by atoms with Crippen LogP contribution in [-0.2, 0) is 23.3 Å². The van der Waals surface area contributed by atoms with Crippen LogP contribution in [0.4, 0.5) is 4.79 Å². The summed E-state index contributed by atoms with van der Waals surface area (Å²) >= 11 is 0. The van der Waals surface area contributed by atoms with Gasteiger partial charge in [-0.15, -0.1) is 0 Å². The summed E-state index contributed by atoms with van der Waals surface area (Å²) in [5.41, 5.74) is 3.26. The van der Waals surface area contributed by atoms with Crippen LogP contribution in [0.15, 0.2) is 48.7 Å². The summed E-state index contributed by atoms with van der Waals surface area (Å²) in [6.07, 6.45) is 7.32. The monoisotopic (exact) mass is 376 g/mol. The molecule has 1 aromatic heterocycles. The van der Waals surface area contributed by atoms with Crippen LogP contribution >= 0.6 is 0 Å². The Morgan fingerprint density at radius 3 is 2.96 bits per heavy atom. The van der Waals surface area contributed by atoms with Crippen LogP contribution in [0.3, 0.4) is 0 Å². The number of ether oxygens (including phenoxy) is 1. The van der Waals surface area contributed by atoms with Crippen LogP contribution in [-0.4, -0.2) is 22.5 Å². The molecule has 0 N–H and O–H groups in total. The average Bonchev–Trinajstić information content (AvgIpc) is 2.72. The normalized spacial score (nSPS) is 30.9. The van der Waals surface area contributed by atoms with Gasteiger partial charge in [0.1, 0.15) is 6.61 Å². The van der Waals surface area contributed by atoms with Crippen molar-refractivity contribution in [2.45, 2.75) is 51.2 Å². The summed E-state index contributed by atoms with van der Waals surface area (Å²) in [5.74, 6) is 1.76. The van der Waals surface area contributed by atoms with Gasteiger partial charge in [-0.3, -0.25) is 9.88 Å². The highest BCUT2D eigenvalue weighted by Gasteiger charge is 2.58. The van der Waals surface area contributed by atoms with Crippen molar-refractivity contribution < 1.29 is 9.53 Å². The van der Waals surface area contributed by atoms with E-state index in [0.717, 1.165) is 31.4 Å². The molecular weight excluding hydrogens is 348 g/mol. The molecule has 4 heteroatoms. The molecule has 2 aromatic rings. The van der Waals surface area contributed by atoms with Gasteiger partial charge >= 0.3 is 6.09 Å². The first-order valence-electron chi connectivity index (χ1n) is 10.6. The molecule has 0 radical (unpaired) electrons. The van der Waals surface area contributed by atoms with E-state index in [1.165, 1.54) is 24.1 Å². The van der Waals surface area contributed by atoms with Crippen molar-refractivity contribution >= 4 is 6.09 Å². The standard InChI is InChI=1S/C24H28N2O2/c1-17-13-19-14-22-21(9-5-11-25-22)24(15-17)20(19)10-6-12-26(24)23(27)28-16-18-7-3-2-4-8-18/h2-5,7-9,11,17,19-20H,6,10,12-16H2,1H3/t17-,19+,20-,24-/m1/s1. The number of likely N-dealkylation sites (tertiary alicyclic amines) is 1. The Balaban J connectivity index is 1.50. The molecule has 28 heavy (non-hydrogen) atoms. The van der Waals surface area contributed by atoms with E-state index in [9.17, 15) is 4.79 Å². The second kappa shape index (κ2) is 6.91. The summed E-state index contributed by atoms with van der Waals surface area (Å²) in [6, 6.07) is 14.2. The number of pyridine rings is 1. The number of rotatable bonds is 2. The maximum Gasteiger partial charge on any atom is 0.410 e. The number of carbonyl (C=O) groups excluding carboxylic acids is 1. The molecule has 2 fully saturated rings. The van der Waals surface area contributed by atoms with Crippen LogP contribution in [0.1, 0.15) is 49.4 Å². The largest absolute Gasteiger partial charge is 0.445 e. The molecule has 2 bridgehead atoms. The first-order valence-corrected chi connectivity index (χ1v) is 10.6. The molecule has 2 aliphatic carbocycles. The summed E-state index contributed by atoms with van der Waals surface area (Å²) < 4.78 is 5.82. The Bertz CT molecular complexity index is 868. The summed E-state index contributed by atoms with van der Waals surface area (Å²) in [5, 5.41) is 0. The fraction of sp³-hybridized carbons (Fsp3) is 0.500. The Labute approximate surface area is 166 Å². The Hall–Kier alpha value is -2.36. The van der Waals surface area contributed by atoms with Gasteiger partial charge in [0.2, 0.25) is 0 Å². The van der Waals surface area contributed by atoms with Crippen molar-refractivity contribution in [2.75, 3.05) is 6.54 Å². The summed E-state index contributed by atoms with van der Waals surface area (Å²) in [7, 11) is 0. The number of amides is 1. The number of nitrogens with zero attached hydrogens (tertiary/aromatic N) is 2. The molecular formula is C24H28N2O2. The molecule has 1 amide bonds. The zero-order valence-corrected chi connectivity index (χ0v) is 16.5. The quantitative estimate of drug-likeness (QED) is 0.746. The van der Waals surface area contributed by atoms with Gasteiger partial charge in [-0.25, -0.2) is 4.79 Å². The van der Waals surface area contributed by atoms with E-state index in [2.05, 4.69) is 17.9 Å². The molecule has 0 spiro atoms. The van der Waals surface area contributed by atoms with E-state index in [4.69, 9.17) is 9.72 Å². The number of hydrogen-bond acceptors (Lipinski definition) is 3. The van der Waals surface area contributed by atoms with E-state index in [1.54, 1.807) is 0 Å². The van der Waals surface area contributed by atoms with Crippen molar-refractivity contribution in [1.82, 2.24) is 9.88 Å². The van der Waals surface area contributed by atoms with Crippen LogP contribution in [0.5, 0.6) is 0 Å². The zero-order chi connectivity index (χ0) is 19.1. The first-order chi connectivity index (χ1) is 13.7. The third kappa shape index (κ3) is 2.73. The molecule has 1 aliphatic heterocycles. The molecule has 4 atom stereocenters. The minimum atomic E-state index is -0.240. The van der Waals surface area contributed by atoms with E-state index in [-0.39, 0.29) is 11.6 Å². The Morgan fingerprint density at radius 2 is 2.11 bits per heavy atom. The fourth-order valence-corrected chi connectivity index (χ4v) is 6.27. The van der Waals surface area contributed by atoms with Crippen molar-refractivity contribution in [3.8, 4) is 0 Å². The maximum atomic E-state index is 13.3. The van der Waals surface area contributed by atoms with Gasteiger partial charge < -0.3 is 4.74 Å². The topological polar surface area (TPSA) is 42.4 Å². The molecule has 2 heterocycles.